The number of rotatable bonds is 3. The molecular weight excluding hydrogens is 412 g/mol. The number of aliphatic hydroxyl groups is 2. The lowest BCUT2D eigenvalue weighted by Crippen LogP contribution is -2.65. The number of aliphatic hydroxyl groups excluding tert-OH is 2. The summed E-state index contributed by atoms with van der Waals surface area (Å²) < 4.78 is 5.99. The van der Waals surface area contributed by atoms with Crippen molar-refractivity contribution in [2.45, 2.75) is 111 Å². The minimum Gasteiger partial charge on any atom is -0.454 e. The molecule has 0 saturated heterocycles. The maximum atomic E-state index is 12.8. The Morgan fingerprint density at radius 1 is 1.09 bits per heavy atom. The van der Waals surface area contributed by atoms with E-state index in [1.165, 1.54) is 11.1 Å². The van der Waals surface area contributed by atoms with E-state index in [-0.39, 0.29) is 52.4 Å². The molecule has 4 aliphatic carbocycles. The molecule has 184 valence electrons. The van der Waals surface area contributed by atoms with Gasteiger partial charge < -0.3 is 14.9 Å². The van der Waals surface area contributed by atoms with E-state index in [4.69, 9.17) is 4.74 Å². The molecule has 0 aromatic rings. The van der Waals surface area contributed by atoms with Crippen LogP contribution in [0.15, 0.2) is 22.8 Å². The Balaban J connectivity index is 1.53. The number of hydrogen-bond donors (Lipinski definition) is 2. The molecule has 0 aromatic heterocycles. The highest BCUT2D eigenvalue weighted by Crippen LogP contribution is 2.74. The van der Waals surface area contributed by atoms with Crippen LogP contribution in [0.1, 0.15) is 92.9 Å². The zero-order valence-corrected chi connectivity index (χ0v) is 21.5. The van der Waals surface area contributed by atoms with Gasteiger partial charge in [-0.2, -0.15) is 0 Å². The molecule has 4 nitrogen and oxygen atoms in total. The lowest BCUT2D eigenvalue weighted by molar-refractivity contribution is -0.234. The molecule has 33 heavy (non-hydrogen) atoms. The molecule has 0 bridgehead atoms. The Hall–Kier alpha value is -1.13. The first kappa shape index (κ1) is 23.6. The average Bonchev–Trinajstić information content (AvgIpc) is 3.17. The zero-order valence-electron chi connectivity index (χ0n) is 21.5. The molecular formula is C29H44O4. The molecule has 1 heterocycles. The van der Waals surface area contributed by atoms with Gasteiger partial charge in [-0.3, -0.25) is 0 Å². The van der Waals surface area contributed by atoms with Gasteiger partial charge in [-0.1, -0.05) is 39.3 Å². The van der Waals surface area contributed by atoms with Crippen LogP contribution in [0, 0.1) is 39.9 Å². The van der Waals surface area contributed by atoms with Crippen LogP contribution < -0.4 is 0 Å². The number of fused-ring (bicyclic) bond motifs is 7. The summed E-state index contributed by atoms with van der Waals surface area (Å²) in [5.74, 6) is 1.08. The van der Waals surface area contributed by atoms with Crippen LogP contribution in [0.5, 0.6) is 0 Å². The van der Waals surface area contributed by atoms with Crippen molar-refractivity contribution in [1.29, 1.82) is 0 Å². The molecule has 2 N–H and O–H groups in total. The highest BCUT2D eigenvalue weighted by molar-refractivity contribution is 5.92. The summed E-state index contributed by atoms with van der Waals surface area (Å²) in [6.07, 6.45) is 8.80. The van der Waals surface area contributed by atoms with Crippen molar-refractivity contribution in [3.8, 4) is 0 Å². The maximum Gasteiger partial charge on any atom is 0.334 e. The van der Waals surface area contributed by atoms with E-state index in [2.05, 4.69) is 47.6 Å². The molecule has 5 unspecified atom stereocenters. The predicted octanol–water partition coefficient (Wildman–Crippen LogP) is 5.58. The van der Waals surface area contributed by atoms with Crippen LogP contribution >= 0.6 is 0 Å². The molecule has 0 aromatic carbocycles. The van der Waals surface area contributed by atoms with Gasteiger partial charge >= 0.3 is 5.97 Å². The minimum atomic E-state index is -0.371. The number of allylic oxidation sites excluding steroid dienone is 2. The topological polar surface area (TPSA) is 66.8 Å². The third-order valence-corrected chi connectivity index (χ3v) is 11.5. The summed E-state index contributed by atoms with van der Waals surface area (Å²) >= 11 is 0. The number of esters is 1. The van der Waals surface area contributed by atoms with Crippen molar-refractivity contribution < 1.29 is 19.7 Å². The molecule has 4 fully saturated rings. The Labute approximate surface area is 199 Å². The summed E-state index contributed by atoms with van der Waals surface area (Å²) in [5.41, 5.74) is 3.47. The standard InChI is InChI=1S/C29H44O4/c1-16(2)8-7-9-18-24-20-14-22(31)25-27(4)12-11-21(30)17(3)19(27)10-13-28(25,5)29(20,6)15-23(24)33-26(18)32/h8,17,19-23,25,30-31H,7,9-15H2,1-6H3/t17?,19?,20?,21?,22-,23+,25?,27+,28+,29+/m1/s1. The summed E-state index contributed by atoms with van der Waals surface area (Å²) in [4.78, 5) is 12.8. The first-order chi connectivity index (χ1) is 15.4. The lowest BCUT2D eigenvalue weighted by atomic mass is 9.36. The Morgan fingerprint density at radius 2 is 1.82 bits per heavy atom. The Morgan fingerprint density at radius 3 is 2.52 bits per heavy atom. The summed E-state index contributed by atoms with van der Waals surface area (Å²) in [7, 11) is 0. The first-order valence-corrected chi connectivity index (χ1v) is 13.4. The summed E-state index contributed by atoms with van der Waals surface area (Å²) in [6.45, 7) is 13.7. The monoisotopic (exact) mass is 456 g/mol. The van der Waals surface area contributed by atoms with Crippen molar-refractivity contribution in [1.82, 2.24) is 0 Å². The van der Waals surface area contributed by atoms with Gasteiger partial charge in [0.05, 0.1) is 12.2 Å². The quantitative estimate of drug-likeness (QED) is 0.430. The van der Waals surface area contributed by atoms with Crippen molar-refractivity contribution in [2.75, 3.05) is 0 Å². The van der Waals surface area contributed by atoms with Crippen LogP contribution in [0.25, 0.3) is 0 Å². The van der Waals surface area contributed by atoms with E-state index in [1.807, 2.05) is 0 Å². The number of hydrogen-bond acceptors (Lipinski definition) is 4. The van der Waals surface area contributed by atoms with Crippen LogP contribution in [0.4, 0.5) is 0 Å². The molecule has 5 aliphatic rings. The molecule has 0 amide bonds. The van der Waals surface area contributed by atoms with Crippen molar-refractivity contribution in [2.24, 2.45) is 39.9 Å². The summed E-state index contributed by atoms with van der Waals surface area (Å²) in [6, 6.07) is 0. The maximum absolute atomic E-state index is 12.8. The lowest BCUT2D eigenvalue weighted by Gasteiger charge is -2.69. The Bertz CT molecular complexity index is 899. The first-order valence-electron chi connectivity index (χ1n) is 13.4. The number of carbonyl (C=O) groups excluding carboxylic acids is 1. The van der Waals surface area contributed by atoms with Crippen molar-refractivity contribution in [3.05, 3.63) is 22.8 Å². The van der Waals surface area contributed by atoms with Crippen LogP contribution in [0.2, 0.25) is 0 Å². The van der Waals surface area contributed by atoms with E-state index in [1.54, 1.807) is 0 Å². The fourth-order valence-electron chi connectivity index (χ4n) is 9.78. The summed E-state index contributed by atoms with van der Waals surface area (Å²) in [5, 5.41) is 22.4. The number of ether oxygens (including phenoxy) is 1. The van der Waals surface area contributed by atoms with Crippen LogP contribution in [0.3, 0.4) is 0 Å². The molecule has 10 atom stereocenters. The highest BCUT2D eigenvalue weighted by atomic mass is 16.5. The van der Waals surface area contributed by atoms with Gasteiger partial charge in [0.2, 0.25) is 0 Å². The van der Waals surface area contributed by atoms with E-state index in [0.29, 0.717) is 11.8 Å². The van der Waals surface area contributed by atoms with E-state index >= 15 is 0 Å². The molecule has 5 rings (SSSR count). The second-order valence-corrected chi connectivity index (χ2v) is 13.1. The van der Waals surface area contributed by atoms with Crippen LogP contribution in [-0.2, 0) is 9.53 Å². The average molecular weight is 457 g/mol. The predicted molar refractivity (Wildman–Crippen MR) is 129 cm³/mol. The normalized spacial score (nSPS) is 50.8. The third kappa shape index (κ3) is 3.12. The van der Waals surface area contributed by atoms with Gasteiger partial charge in [0, 0.05) is 5.57 Å². The largest absolute Gasteiger partial charge is 0.454 e. The van der Waals surface area contributed by atoms with E-state index in [0.717, 1.165) is 56.9 Å². The highest BCUT2D eigenvalue weighted by Gasteiger charge is 2.71. The van der Waals surface area contributed by atoms with Gasteiger partial charge in [-0.05, 0) is 111 Å². The smallest absolute Gasteiger partial charge is 0.334 e. The van der Waals surface area contributed by atoms with E-state index < -0.39 is 0 Å². The van der Waals surface area contributed by atoms with Gasteiger partial charge in [-0.15, -0.1) is 0 Å². The minimum absolute atomic E-state index is 0.00262. The Kier molecular flexibility index (Phi) is 5.50. The second-order valence-electron chi connectivity index (χ2n) is 13.1. The third-order valence-electron chi connectivity index (χ3n) is 11.5. The molecule has 4 heteroatoms. The molecule has 0 radical (unpaired) electrons. The van der Waals surface area contributed by atoms with Gasteiger partial charge in [0.1, 0.15) is 6.10 Å². The van der Waals surface area contributed by atoms with Gasteiger partial charge in [-0.25, -0.2) is 4.79 Å². The van der Waals surface area contributed by atoms with Crippen molar-refractivity contribution in [3.63, 3.8) is 0 Å². The molecule has 4 saturated carbocycles. The zero-order chi connectivity index (χ0) is 23.9. The fourth-order valence-corrected chi connectivity index (χ4v) is 9.78. The van der Waals surface area contributed by atoms with Crippen LogP contribution in [-0.4, -0.2) is 34.5 Å². The fraction of sp³-hybridized carbons (Fsp3) is 0.828. The SMILES string of the molecule is CC(C)=CCCC1=C2C3C[C@@H](O)C4[C@@]5(C)CCC(O)C(C)C5CC[C@]4(C)[C@@]3(C)C[C@@H]2OC1=O. The van der Waals surface area contributed by atoms with E-state index in [9.17, 15) is 15.0 Å². The molecule has 1 aliphatic heterocycles. The number of carbonyl (C=O) groups is 1. The molecule has 0 spiro atoms. The van der Waals surface area contributed by atoms with Crippen molar-refractivity contribution >= 4 is 5.97 Å². The van der Waals surface area contributed by atoms with Gasteiger partial charge in [0.15, 0.2) is 0 Å². The van der Waals surface area contributed by atoms with Gasteiger partial charge in [0.25, 0.3) is 0 Å². The second kappa shape index (κ2) is 7.68.